The molecule has 0 radical (unpaired) electrons. The number of nitrogens with zero attached hydrogens (tertiary/aromatic N) is 2. The van der Waals surface area contributed by atoms with E-state index in [-0.39, 0.29) is 11.2 Å². The minimum Gasteiger partial charge on any atom is -0.279 e. The van der Waals surface area contributed by atoms with Crippen LogP contribution in [-0.4, -0.2) is 24.6 Å². The zero-order valence-electron chi connectivity index (χ0n) is 8.31. The number of sulfonamides is 1. The lowest BCUT2D eigenvalue weighted by Gasteiger charge is -2.07. The lowest BCUT2D eigenvalue weighted by atomic mass is 10.2. The van der Waals surface area contributed by atoms with Gasteiger partial charge in [0.2, 0.25) is 10.0 Å². The van der Waals surface area contributed by atoms with Gasteiger partial charge in [-0.15, -0.1) is 0 Å². The molecule has 0 spiro atoms. The summed E-state index contributed by atoms with van der Waals surface area (Å²) in [4.78, 5) is 7.85. The first-order chi connectivity index (χ1) is 7.47. The zero-order valence-corrected chi connectivity index (χ0v) is 9.12. The van der Waals surface area contributed by atoms with Crippen molar-refractivity contribution < 1.29 is 12.8 Å². The highest BCUT2D eigenvalue weighted by molar-refractivity contribution is 7.92. The van der Waals surface area contributed by atoms with Gasteiger partial charge in [0.25, 0.3) is 0 Å². The molecular weight excluding hydrogens is 233 g/mol. The predicted molar refractivity (Wildman–Crippen MR) is 58.0 cm³/mol. The molecule has 0 fully saturated rings. The Morgan fingerprint density at radius 1 is 1.25 bits per heavy atom. The van der Waals surface area contributed by atoms with Gasteiger partial charge in [-0.05, 0) is 12.1 Å². The third-order valence-electron chi connectivity index (χ3n) is 1.88. The number of hydrogen-bond donors (Lipinski definition) is 1. The Morgan fingerprint density at radius 2 is 1.94 bits per heavy atom. The van der Waals surface area contributed by atoms with Crippen molar-refractivity contribution in [2.45, 2.75) is 0 Å². The van der Waals surface area contributed by atoms with Crippen LogP contribution in [0.2, 0.25) is 0 Å². The molecule has 2 aromatic rings. The Kier molecular flexibility index (Phi) is 2.47. The summed E-state index contributed by atoms with van der Waals surface area (Å²) >= 11 is 0. The average Bonchev–Trinajstić information content (AvgIpc) is 2.21. The molecule has 0 aliphatic rings. The summed E-state index contributed by atoms with van der Waals surface area (Å²) in [6.07, 6.45) is 3.77. The quantitative estimate of drug-likeness (QED) is 0.855. The van der Waals surface area contributed by atoms with E-state index in [1.807, 2.05) is 0 Å². The molecule has 1 aromatic heterocycles. The smallest absolute Gasteiger partial charge is 0.229 e. The van der Waals surface area contributed by atoms with Crippen molar-refractivity contribution >= 4 is 26.7 Å². The number of rotatable bonds is 2. The van der Waals surface area contributed by atoms with E-state index in [1.165, 1.54) is 18.5 Å². The second-order valence-corrected chi connectivity index (χ2v) is 4.97. The summed E-state index contributed by atoms with van der Waals surface area (Å²) in [7, 11) is -3.55. The van der Waals surface area contributed by atoms with E-state index in [0.29, 0.717) is 5.52 Å². The molecule has 0 bridgehead atoms. The van der Waals surface area contributed by atoms with Crippen LogP contribution in [0.4, 0.5) is 10.1 Å². The maximum Gasteiger partial charge on any atom is 0.229 e. The van der Waals surface area contributed by atoms with Gasteiger partial charge in [0.05, 0.1) is 11.8 Å². The lowest BCUT2D eigenvalue weighted by molar-refractivity contribution is 0.604. The Bertz CT molecular complexity index is 642. The Balaban J connectivity index is 2.71. The maximum atomic E-state index is 13.5. The van der Waals surface area contributed by atoms with E-state index in [4.69, 9.17) is 0 Å². The van der Waals surface area contributed by atoms with Gasteiger partial charge in [-0.1, -0.05) is 0 Å². The van der Waals surface area contributed by atoms with Gasteiger partial charge in [0.15, 0.2) is 0 Å². The fourth-order valence-corrected chi connectivity index (χ4v) is 1.86. The summed E-state index contributed by atoms with van der Waals surface area (Å²) in [6, 6.07) is 2.58. The highest BCUT2D eigenvalue weighted by Crippen LogP contribution is 2.23. The molecular formula is C9H8FN3O2S. The Labute approximate surface area is 91.4 Å². The number of benzene rings is 1. The molecule has 0 saturated heterocycles. The SMILES string of the molecule is CS(=O)(=O)Nc1c(F)ccc2nccnc12. The Hall–Kier alpha value is -1.76. The van der Waals surface area contributed by atoms with Crippen molar-refractivity contribution in [3.05, 3.63) is 30.3 Å². The molecule has 84 valence electrons. The van der Waals surface area contributed by atoms with E-state index >= 15 is 0 Å². The van der Waals surface area contributed by atoms with E-state index in [9.17, 15) is 12.8 Å². The van der Waals surface area contributed by atoms with Crippen LogP contribution >= 0.6 is 0 Å². The molecule has 0 amide bonds. The molecule has 0 unspecified atom stereocenters. The predicted octanol–water partition coefficient (Wildman–Crippen LogP) is 1.14. The van der Waals surface area contributed by atoms with E-state index < -0.39 is 15.8 Å². The van der Waals surface area contributed by atoms with Crippen LogP contribution in [0.25, 0.3) is 11.0 Å². The summed E-state index contributed by atoms with van der Waals surface area (Å²) in [6.45, 7) is 0. The molecule has 5 nitrogen and oxygen atoms in total. The van der Waals surface area contributed by atoms with Crippen LogP contribution in [0.1, 0.15) is 0 Å². The van der Waals surface area contributed by atoms with Crippen LogP contribution in [0, 0.1) is 5.82 Å². The van der Waals surface area contributed by atoms with Gasteiger partial charge in [0.1, 0.15) is 17.0 Å². The van der Waals surface area contributed by atoms with Gasteiger partial charge >= 0.3 is 0 Å². The lowest BCUT2D eigenvalue weighted by Crippen LogP contribution is -2.11. The number of nitrogens with one attached hydrogen (secondary N) is 1. The fourth-order valence-electron chi connectivity index (χ4n) is 1.29. The molecule has 0 aliphatic carbocycles. The minimum atomic E-state index is -3.55. The molecule has 0 atom stereocenters. The average molecular weight is 241 g/mol. The van der Waals surface area contributed by atoms with Gasteiger partial charge in [-0.2, -0.15) is 0 Å². The molecule has 0 saturated carbocycles. The number of aromatic nitrogens is 2. The molecule has 2 rings (SSSR count). The third kappa shape index (κ3) is 2.08. The van der Waals surface area contributed by atoms with Gasteiger partial charge in [-0.3, -0.25) is 14.7 Å². The third-order valence-corrected chi connectivity index (χ3v) is 2.45. The molecule has 16 heavy (non-hydrogen) atoms. The second-order valence-electron chi connectivity index (χ2n) is 3.22. The Morgan fingerprint density at radius 3 is 2.62 bits per heavy atom. The van der Waals surface area contributed by atoms with Crippen LogP contribution in [0.3, 0.4) is 0 Å². The van der Waals surface area contributed by atoms with Crippen molar-refractivity contribution in [1.82, 2.24) is 9.97 Å². The molecule has 1 aromatic carbocycles. The number of halogens is 1. The summed E-state index contributed by atoms with van der Waals surface area (Å²) in [5.74, 6) is -0.682. The highest BCUT2D eigenvalue weighted by Gasteiger charge is 2.12. The van der Waals surface area contributed by atoms with Crippen molar-refractivity contribution in [3.63, 3.8) is 0 Å². The van der Waals surface area contributed by atoms with Crippen LogP contribution in [0.5, 0.6) is 0 Å². The molecule has 7 heteroatoms. The molecule has 1 N–H and O–H groups in total. The van der Waals surface area contributed by atoms with Crippen molar-refractivity contribution in [2.24, 2.45) is 0 Å². The van der Waals surface area contributed by atoms with Crippen LogP contribution in [0.15, 0.2) is 24.5 Å². The normalized spacial score (nSPS) is 11.6. The topological polar surface area (TPSA) is 72.0 Å². The van der Waals surface area contributed by atoms with Crippen LogP contribution in [-0.2, 0) is 10.0 Å². The highest BCUT2D eigenvalue weighted by atomic mass is 32.2. The second kappa shape index (κ2) is 3.67. The van der Waals surface area contributed by atoms with Gasteiger partial charge in [-0.25, -0.2) is 12.8 Å². The van der Waals surface area contributed by atoms with Crippen molar-refractivity contribution in [3.8, 4) is 0 Å². The van der Waals surface area contributed by atoms with E-state index in [0.717, 1.165) is 12.3 Å². The number of anilines is 1. The summed E-state index contributed by atoms with van der Waals surface area (Å²) < 4.78 is 37.7. The molecule has 0 aliphatic heterocycles. The van der Waals surface area contributed by atoms with Crippen LogP contribution < -0.4 is 4.72 Å². The minimum absolute atomic E-state index is 0.173. The molecule has 1 heterocycles. The first-order valence-electron chi connectivity index (χ1n) is 4.34. The standard InChI is InChI=1S/C9H8FN3O2S/c1-16(14,15)13-8-6(10)2-3-7-9(8)12-5-4-11-7/h2-5,13H,1H3. The first-order valence-corrected chi connectivity index (χ1v) is 6.23. The van der Waals surface area contributed by atoms with Crippen molar-refractivity contribution in [1.29, 1.82) is 0 Å². The summed E-state index contributed by atoms with van der Waals surface area (Å²) in [5, 5.41) is 0. The van der Waals surface area contributed by atoms with Gasteiger partial charge in [0, 0.05) is 12.4 Å². The number of hydrogen-bond acceptors (Lipinski definition) is 4. The fraction of sp³-hybridized carbons (Fsp3) is 0.111. The van der Waals surface area contributed by atoms with Gasteiger partial charge < -0.3 is 0 Å². The number of fused-ring (bicyclic) bond motifs is 1. The first kappa shape index (κ1) is 10.7. The van der Waals surface area contributed by atoms with E-state index in [2.05, 4.69) is 14.7 Å². The maximum absolute atomic E-state index is 13.5. The van der Waals surface area contributed by atoms with E-state index in [1.54, 1.807) is 0 Å². The summed E-state index contributed by atoms with van der Waals surface area (Å²) in [5.41, 5.74) is 0.441. The zero-order chi connectivity index (χ0) is 11.8. The monoisotopic (exact) mass is 241 g/mol. The van der Waals surface area contributed by atoms with Crippen molar-refractivity contribution in [2.75, 3.05) is 11.0 Å². The largest absolute Gasteiger partial charge is 0.279 e.